The number of hydrogen-bond acceptors (Lipinski definition) is 7. The number of anilines is 1. The molecular weight excluding hydrogens is 380 g/mol. The summed E-state index contributed by atoms with van der Waals surface area (Å²) in [5, 5.41) is 14.7. The molecule has 0 N–H and O–H groups in total. The van der Waals surface area contributed by atoms with Crippen LogP contribution in [-0.2, 0) is 4.79 Å². The second kappa shape index (κ2) is 9.83. The smallest absolute Gasteiger partial charge is 0.246 e. The number of carbonyl (C=O) groups excluding carboxylic acids is 1. The van der Waals surface area contributed by atoms with Crippen LogP contribution in [0, 0.1) is 17.2 Å². The van der Waals surface area contributed by atoms with E-state index in [0.29, 0.717) is 49.8 Å². The van der Waals surface area contributed by atoms with Crippen LogP contribution in [0.1, 0.15) is 26.2 Å². The van der Waals surface area contributed by atoms with E-state index in [9.17, 15) is 4.79 Å². The topological polar surface area (TPSA) is 94.7 Å². The lowest BCUT2D eigenvalue weighted by atomic mass is 9.94. The Hall–Kier alpha value is -3.47. The summed E-state index contributed by atoms with van der Waals surface area (Å²) in [4.78, 5) is 23.9. The molecule has 30 heavy (non-hydrogen) atoms. The second-order valence-electron chi connectivity index (χ2n) is 7.29. The molecule has 2 aliphatic heterocycles. The van der Waals surface area contributed by atoms with Crippen molar-refractivity contribution in [2.45, 2.75) is 32.2 Å². The van der Waals surface area contributed by atoms with Crippen molar-refractivity contribution in [3.63, 3.8) is 0 Å². The fourth-order valence-electron chi connectivity index (χ4n) is 3.51. The van der Waals surface area contributed by atoms with Crippen molar-refractivity contribution in [1.82, 2.24) is 15.0 Å². The molecule has 0 aliphatic carbocycles. The quantitative estimate of drug-likeness (QED) is 0.533. The van der Waals surface area contributed by atoms with Gasteiger partial charge in [0, 0.05) is 49.5 Å². The predicted molar refractivity (Wildman–Crippen MR) is 115 cm³/mol. The lowest BCUT2D eigenvalue weighted by Gasteiger charge is -2.33. The zero-order chi connectivity index (χ0) is 21.5. The molecule has 8 nitrogen and oxygen atoms in total. The zero-order valence-electron chi connectivity index (χ0n) is 17.4. The van der Waals surface area contributed by atoms with Gasteiger partial charge in [0.25, 0.3) is 0 Å². The fraction of sp³-hybridized carbons (Fsp3) is 0.409. The average molecular weight is 406 g/mol. The first-order chi connectivity index (χ1) is 14.5. The lowest BCUT2D eigenvalue weighted by Crippen LogP contribution is -2.43. The first-order valence-electron chi connectivity index (χ1n) is 9.95. The largest absolute Gasteiger partial charge is 0.481 e. The summed E-state index contributed by atoms with van der Waals surface area (Å²) in [5.74, 6) is 1.08. The predicted octanol–water partition coefficient (Wildman–Crippen LogP) is 2.87. The van der Waals surface area contributed by atoms with Gasteiger partial charge in [-0.25, -0.2) is 9.99 Å². The van der Waals surface area contributed by atoms with Gasteiger partial charge in [0.05, 0.1) is 19.2 Å². The molecule has 3 heterocycles. The monoisotopic (exact) mass is 406 g/mol. The Morgan fingerprint density at radius 3 is 2.87 bits per heavy atom. The van der Waals surface area contributed by atoms with E-state index in [1.807, 2.05) is 6.08 Å². The van der Waals surface area contributed by atoms with Crippen molar-refractivity contribution >= 4 is 18.1 Å². The number of piperidine rings is 1. The molecule has 0 aromatic carbocycles. The minimum Gasteiger partial charge on any atom is -0.481 e. The Morgan fingerprint density at radius 1 is 1.40 bits per heavy atom. The number of hydrazone groups is 1. The average Bonchev–Trinajstić information content (AvgIpc) is 3.28. The van der Waals surface area contributed by atoms with Crippen LogP contribution >= 0.6 is 0 Å². The number of allylic oxidation sites excluding steroid dienone is 3. The van der Waals surface area contributed by atoms with Crippen LogP contribution in [-0.4, -0.2) is 53.3 Å². The van der Waals surface area contributed by atoms with Crippen molar-refractivity contribution in [2.24, 2.45) is 11.0 Å². The van der Waals surface area contributed by atoms with E-state index in [0.717, 1.165) is 5.57 Å². The maximum absolute atomic E-state index is 13.1. The van der Waals surface area contributed by atoms with Crippen molar-refractivity contribution in [1.29, 1.82) is 5.26 Å². The van der Waals surface area contributed by atoms with Gasteiger partial charge >= 0.3 is 0 Å². The van der Waals surface area contributed by atoms with Crippen molar-refractivity contribution in [3.8, 4) is 11.9 Å². The van der Waals surface area contributed by atoms with Gasteiger partial charge in [-0.1, -0.05) is 18.7 Å². The highest BCUT2D eigenvalue weighted by Crippen LogP contribution is 2.27. The van der Waals surface area contributed by atoms with Crippen LogP contribution in [0.3, 0.4) is 0 Å². The Labute approximate surface area is 176 Å². The lowest BCUT2D eigenvalue weighted by molar-refractivity contribution is -0.137. The third-order valence-electron chi connectivity index (χ3n) is 5.27. The van der Waals surface area contributed by atoms with Crippen LogP contribution in [0.15, 0.2) is 53.3 Å². The summed E-state index contributed by atoms with van der Waals surface area (Å²) in [6.45, 7) is 7.23. The molecule has 0 radical (unpaired) electrons. The van der Waals surface area contributed by atoms with Gasteiger partial charge in [0.15, 0.2) is 0 Å². The second-order valence-corrected chi connectivity index (χ2v) is 7.29. The molecule has 2 aliphatic rings. The number of hydrogen-bond donors (Lipinski definition) is 0. The van der Waals surface area contributed by atoms with Gasteiger partial charge in [-0.05, 0) is 31.4 Å². The summed E-state index contributed by atoms with van der Waals surface area (Å²) in [7, 11) is 1.58. The summed E-state index contributed by atoms with van der Waals surface area (Å²) in [5.41, 5.74) is 1.41. The van der Waals surface area contributed by atoms with Crippen LogP contribution in [0.4, 0.5) is 5.95 Å². The Bertz CT molecular complexity index is 922. The highest BCUT2D eigenvalue weighted by atomic mass is 16.5. The SMILES string of the molecule is C=C(/C=C\C=C(/C)C#N)[C@@H]1CC=NN1C(=O)C1CCN(c2nccc(OC)n2)CC1. The molecule has 1 amide bonds. The Morgan fingerprint density at radius 2 is 2.17 bits per heavy atom. The molecule has 1 fully saturated rings. The fourth-order valence-corrected chi connectivity index (χ4v) is 3.51. The molecule has 0 saturated carbocycles. The molecule has 1 aromatic heterocycles. The van der Waals surface area contributed by atoms with Crippen molar-refractivity contribution < 1.29 is 9.53 Å². The number of nitriles is 1. The van der Waals surface area contributed by atoms with Crippen LogP contribution in [0.2, 0.25) is 0 Å². The number of nitrogens with zero attached hydrogens (tertiary/aromatic N) is 6. The van der Waals surface area contributed by atoms with Gasteiger partial charge < -0.3 is 9.64 Å². The summed E-state index contributed by atoms with van der Waals surface area (Å²) >= 11 is 0. The van der Waals surface area contributed by atoms with E-state index in [-0.39, 0.29) is 17.9 Å². The van der Waals surface area contributed by atoms with Crippen LogP contribution in [0.5, 0.6) is 5.88 Å². The number of rotatable bonds is 6. The molecule has 8 heteroatoms. The van der Waals surface area contributed by atoms with E-state index in [1.54, 1.807) is 49.7 Å². The molecule has 156 valence electrons. The van der Waals surface area contributed by atoms with Gasteiger partial charge in [0.1, 0.15) is 0 Å². The maximum atomic E-state index is 13.1. The highest BCUT2D eigenvalue weighted by molar-refractivity contribution is 5.82. The number of carbonyl (C=O) groups is 1. The van der Waals surface area contributed by atoms with Crippen LogP contribution in [0.25, 0.3) is 0 Å². The van der Waals surface area contributed by atoms with Crippen LogP contribution < -0.4 is 9.64 Å². The number of amides is 1. The Kier molecular flexibility index (Phi) is 6.96. The number of ether oxygens (including phenoxy) is 1. The molecule has 3 rings (SSSR count). The standard InChI is InChI=1S/C22H26N6O2/c1-16(15-23)5-4-6-17(2)19-7-12-25-28(19)21(29)18-9-13-27(14-10-18)22-24-11-8-20(26-22)30-3/h4-6,8,11-12,18-19H,2,7,9-10,13-14H2,1,3H3/b6-4-,16-5+/t19-/m0/s1. The van der Waals surface area contributed by atoms with Gasteiger partial charge in [-0.3, -0.25) is 4.79 Å². The van der Waals surface area contributed by atoms with E-state index < -0.39 is 0 Å². The first-order valence-corrected chi connectivity index (χ1v) is 9.95. The highest BCUT2D eigenvalue weighted by Gasteiger charge is 2.35. The number of aromatic nitrogens is 2. The van der Waals surface area contributed by atoms with Gasteiger partial charge in [0.2, 0.25) is 17.7 Å². The third-order valence-corrected chi connectivity index (χ3v) is 5.27. The van der Waals surface area contributed by atoms with E-state index in [4.69, 9.17) is 10.00 Å². The normalized spacial score (nSPS) is 19.9. The third kappa shape index (κ3) is 4.92. The Balaban J connectivity index is 1.59. The molecule has 1 aromatic rings. The molecule has 0 bridgehead atoms. The minimum absolute atomic E-state index is 0.0262. The molecule has 1 atom stereocenters. The van der Waals surface area contributed by atoms with Gasteiger partial charge in [-0.2, -0.15) is 15.3 Å². The van der Waals surface area contributed by atoms with E-state index in [1.165, 1.54) is 0 Å². The summed E-state index contributed by atoms with van der Waals surface area (Å²) < 4.78 is 5.17. The minimum atomic E-state index is -0.177. The van der Waals surface area contributed by atoms with Gasteiger partial charge in [-0.15, -0.1) is 0 Å². The molecule has 0 spiro atoms. The maximum Gasteiger partial charge on any atom is 0.246 e. The first kappa shape index (κ1) is 21.2. The van der Waals surface area contributed by atoms with Crippen molar-refractivity contribution in [3.05, 3.63) is 48.2 Å². The van der Waals surface area contributed by atoms with E-state index in [2.05, 4.69) is 32.6 Å². The molecule has 1 saturated heterocycles. The van der Waals surface area contributed by atoms with E-state index >= 15 is 0 Å². The summed E-state index contributed by atoms with van der Waals surface area (Å²) in [6, 6.07) is 3.61. The molecular formula is C22H26N6O2. The molecule has 0 unspecified atom stereocenters. The summed E-state index contributed by atoms with van der Waals surface area (Å²) in [6.07, 6.45) is 10.9. The van der Waals surface area contributed by atoms with Crippen molar-refractivity contribution in [2.75, 3.05) is 25.1 Å². The number of methoxy groups -OCH3 is 1. The zero-order valence-corrected chi connectivity index (χ0v) is 17.4.